The number of thiocarbonyl (C=S) groups is 1. The lowest BCUT2D eigenvalue weighted by atomic mass is 9.92. The van der Waals surface area contributed by atoms with Crippen molar-refractivity contribution in [2.75, 3.05) is 155 Å². The van der Waals surface area contributed by atoms with Crippen molar-refractivity contribution in [3.05, 3.63) is 0 Å². The molecule has 19 heteroatoms. The average molecular weight is 861 g/mol. The lowest BCUT2D eigenvalue weighted by molar-refractivity contribution is -0.111. The molecule has 8 rings (SSSR count). The molecular formula is C35H60N2O12S5. The van der Waals surface area contributed by atoms with Gasteiger partial charge in [0, 0.05) is 44.0 Å². The van der Waals surface area contributed by atoms with Gasteiger partial charge in [-0.2, -0.15) is 47.0 Å². The second kappa shape index (κ2) is 23.4. The Hall–Kier alpha value is 0.610. The predicted octanol–water partition coefficient (Wildman–Crippen LogP) is 1.32. The van der Waals surface area contributed by atoms with Crippen molar-refractivity contribution >= 4 is 64.4 Å². The van der Waals surface area contributed by atoms with Crippen molar-refractivity contribution in [1.29, 1.82) is 0 Å². The SMILES string of the molecule is C(OCC(COCC1CO1)(COCC1CO1)COCC1CO1)C1CO1.C(OCC(COCC1CS1)(COCC1CS1)COCC1CS1)C1CS1.NC(N)=S. The fourth-order valence-corrected chi connectivity index (χ4v) is 6.77. The summed E-state index contributed by atoms with van der Waals surface area (Å²) in [6, 6.07) is 0. The second-order valence-corrected chi connectivity index (χ2v) is 21.0. The molecule has 4 N–H and O–H groups in total. The molecule has 8 aliphatic rings. The van der Waals surface area contributed by atoms with Crippen LogP contribution >= 0.6 is 59.3 Å². The van der Waals surface area contributed by atoms with Crippen LogP contribution in [0.4, 0.5) is 0 Å². The normalized spacial score (nSPS) is 32.4. The highest BCUT2D eigenvalue weighted by atomic mass is 32.2. The zero-order valence-corrected chi connectivity index (χ0v) is 35.3. The first-order valence-electron chi connectivity index (χ1n) is 19.0. The van der Waals surface area contributed by atoms with Gasteiger partial charge in [0.1, 0.15) is 24.4 Å². The fourth-order valence-electron chi connectivity index (χ4n) is 5.07. The standard InChI is InChI=1S/C17H28O8.C17H28O4S4.CH4N2S/c2*1(13-5-22-13)18-9-17(10-19-2-14-6-23-14,11-20-3-15-7-24-15)12-21-4-16-8-25-16;2-1(3)4/h2*13-16H,1-12H2;(H4,2,3,4). The molecule has 8 unspecified atom stereocenters. The Labute approximate surface area is 342 Å². The topological polar surface area (TPSA) is 176 Å². The van der Waals surface area contributed by atoms with Crippen molar-refractivity contribution in [3.8, 4) is 0 Å². The van der Waals surface area contributed by atoms with Crippen molar-refractivity contribution in [3.63, 3.8) is 0 Å². The Balaban J connectivity index is 0.000000168. The molecule has 312 valence electrons. The van der Waals surface area contributed by atoms with Gasteiger partial charge in [0.25, 0.3) is 0 Å². The first kappa shape index (κ1) is 44.2. The van der Waals surface area contributed by atoms with E-state index in [2.05, 4.69) is 23.7 Å². The first-order valence-corrected chi connectivity index (χ1v) is 23.6. The van der Waals surface area contributed by atoms with E-state index in [4.69, 9.17) is 56.8 Å². The zero-order chi connectivity index (χ0) is 37.5. The van der Waals surface area contributed by atoms with Crippen LogP contribution in [0.3, 0.4) is 0 Å². The largest absolute Gasteiger partial charge is 0.379 e. The number of hydrogen-bond acceptors (Lipinski definition) is 17. The lowest BCUT2D eigenvalue weighted by Crippen LogP contribution is -2.43. The van der Waals surface area contributed by atoms with E-state index in [1.165, 1.54) is 23.0 Å². The molecule has 8 heterocycles. The van der Waals surface area contributed by atoms with Crippen LogP contribution in [0.15, 0.2) is 0 Å². The van der Waals surface area contributed by atoms with E-state index < -0.39 is 0 Å². The maximum absolute atomic E-state index is 6.07. The van der Waals surface area contributed by atoms with E-state index in [9.17, 15) is 0 Å². The number of rotatable bonds is 32. The smallest absolute Gasteiger partial charge is 0.160 e. The molecule has 8 atom stereocenters. The summed E-state index contributed by atoms with van der Waals surface area (Å²) in [4.78, 5) is 0. The highest BCUT2D eigenvalue weighted by Gasteiger charge is 2.38. The minimum absolute atomic E-state index is 0.000000000000000222. The molecular weight excluding hydrogens is 801 g/mol. The third-order valence-electron chi connectivity index (χ3n) is 8.91. The second-order valence-electron chi connectivity index (χ2n) is 15.2. The van der Waals surface area contributed by atoms with Gasteiger partial charge in [-0.05, 0) is 12.2 Å². The van der Waals surface area contributed by atoms with E-state index in [-0.39, 0.29) is 40.4 Å². The summed E-state index contributed by atoms with van der Waals surface area (Å²) in [5, 5.41) is 2.81. The third-order valence-corrected chi connectivity index (χ3v) is 12.7. The van der Waals surface area contributed by atoms with E-state index >= 15 is 0 Å². The maximum atomic E-state index is 6.07. The van der Waals surface area contributed by atoms with Gasteiger partial charge in [0.05, 0.1) is 143 Å². The molecule has 0 spiro atoms. The van der Waals surface area contributed by atoms with Gasteiger partial charge in [-0.3, -0.25) is 0 Å². The number of hydrogen-bond donors (Lipinski definition) is 2. The van der Waals surface area contributed by atoms with Gasteiger partial charge in [0.2, 0.25) is 0 Å². The Morgan fingerprint density at radius 1 is 0.426 bits per heavy atom. The number of thioether (sulfide) groups is 4. The summed E-state index contributed by atoms with van der Waals surface area (Å²) in [5.41, 5.74) is 8.72. The number of nitrogens with two attached hydrogens (primary N) is 2. The molecule has 0 amide bonds. The Morgan fingerprint density at radius 3 is 0.741 bits per heavy atom. The van der Waals surface area contributed by atoms with Crippen LogP contribution in [0, 0.1) is 10.8 Å². The highest BCUT2D eigenvalue weighted by molar-refractivity contribution is 8.07. The van der Waals surface area contributed by atoms with Gasteiger partial charge in [-0.1, -0.05) is 0 Å². The van der Waals surface area contributed by atoms with Crippen LogP contribution in [-0.4, -0.2) is 206 Å². The zero-order valence-electron chi connectivity index (χ0n) is 31.2. The molecule has 0 radical (unpaired) electrons. The van der Waals surface area contributed by atoms with Crippen LogP contribution in [0.25, 0.3) is 0 Å². The van der Waals surface area contributed by atoms with Crippen molar-refractivity contribution in [2.45, 2.75) is 45.4 Å². The van der Waals surface area contributed by atoms with E-state index in [0.29, 0.717) is 100 Å². The molecule has 0 aliphatic carbocycles. The molecule has 0 aromatic rings. The molecule has 8 aliphatic heterocycles. The van der Waals surface area contributed by atoms with Crippen LogP contribution < -0.4 is 11.5 Å². The quantitative estimate of drug-likeness (QED) is 0.0731. The minimum Gasteiger partial charge on any atom is -0.379 e. The van der Waals surface area contributed by atoms with Gasteiger partial charge >= 0.3 is 0 Å². The third kappa shape index (κ3) is 21.6. The minimum atomic E-state index is -0.354. The van der Waals surface area contributed by atoms with Crippen molar-refractivity contribution < 1.29 is 56.8 Å². The summed E-state index contributed by atoms with van der Waals surface area (Å²) in [6.45, 7) is 13.7. The molecule has 8 fully saturated rings. The maximum Gasteiger partial charge on any atom is 0.160 e. The van der Waals surface area contributed by atoms with Crippen LogP contribution in [0.1, 0.15) is 0 Å². The Kier molecular flexibility index (Phi) is 19.2. The Morgan fingerprint density at radius 2 is 0.593 bits per heavy atom. The van der Waals surface area contributed by atoms with Gasteiger partial charge < -0.3 is 68.3 Å². The molecule has 0 saturated carbocycles. The lowest BCUT2D eigenvalue weighted by Gasteiger charge is -2.33. The average Bonchev–Trinajstić information content (AvgIpc) is 3.94. The number of epoxide rings is 4. The molecule has 14 nitrogen and oxygen atoms in total. The predicted molar refractivity (Wildman–Crippen MR) is 216 cm³/mol. The van der Waals surface area contributed by atoms with Crippen LogP contribution in [-0.2, 0) is 56.8 Å². The summed E-state index contributed by atoms with van der Waals surface area (Å²) in [7, 11) is 0. The summed E-state index contributed by atoms with van der Waals surface area (Å²) in [6.07, 6.45) is 0.945. The van der Waals surface area contributed by atoms with E-state index in [1.54, 1.807) is 0 Å². The molecule has 0 aromatic carbocycles. The monoisotopic (exact) mass is 860 g/mol. The summed E-state index contributed by atoms with van der Waals surface area (Å²) < 4.78 is 68.7. The summed E-state index contributed by atoms with van der Waals surface area (Å²) in [5.74, 6) is 4.97. The van der Waals surface area contributed by atoms with Gasteiger partial charge in [-0.25, -0.2) is 0 Å². The van der Waals surface area contributed by atoms with Crippen molar-refractivity contribution in [1.82, 2.24) is 0 Å². The fraction of sp³-hybridized carbons (Fsp3) is 0.971. The van der Waals surface area contributed by atoms with E-state index in [0.717, 1.165) is 52.9 Å². The molecule has 0 bridgehead atoms. The van der Waals surface area contributed by atoms with Gasteiger partial charge in [-0.15, -0.1) is 0 Å². The van der Waals surface area contributed by atoms with Crippen LogP contribution in [0.2, 0.25) is 0 Å². The van der Waals surface area contributed by atoms with E-state index in [1.807, 2.05) is 47.0 Å². The summed E-state index contributed by atoms with van der Waals surface area (Å²) >= 11 is 12.0. The first-order chi connectivity index (χ1) is 26.4. The molecule has 54 heavy (non-hydrogen) atoms. The molecule has 8 saturated heterocycles. The van der Waals surface area contributed by atoms with Crippen molar-refractivity contribution in [2.24, 2.45) is 22.3 Å². The molecule has 0 aromatic heterocycles. The van der Waals surface area contributed by atoms with Crippen LogP contribution in [0.5, 0.6) is 0 Å². The number of ether oxygens (including phenoxy) is 12. The van der Waals surface area contributed by atoms with Gasteiger partial charge in [0.15, 0.2) is 5.11 Å². The Bertz CT molecular complexity index is 842. The highest BCUT2D eigenvalue weighted by Crippen LogP contribution is 2.35.